The minimum atomic E-state index is -1.43. The average Bonchev–Trinajstić information content (AvgIpc) is 2.39. The van der Waals surface area contributed by atoms with Gasteiger partial charge in [-0.2, -0.15) is 0 Å². The molecule has 0 atom stereocenters. The molecule has 0 unspecified atom stereocenters. The summed E-state index contributed by atoms with van der Waals surface area (Å²) in [6.07, 6.45) is 10.9. The Hall–Kier alpha value is -2.35. The number of terminal acetylenes is 1. The Balaban J connectivity index is -0.000000270. The first kappa shape index (κ1) is 21.0. The highest BCUT2D eigenvalue weighted by Crippen LogP contribution is 1.89. The van der Waals surface area contributed by atoms with Gasteiger partial charge in [0.15, 0.2) is 0 Å². The number of rotatable bonds is 5. The highest BCUT2D eigenvalue weighted by molar-refractivity contribution is 6.19. The lowest BCUT2D eigenvalue weighted by Gasteiger charge is -1.99. The summed E-state index contributed by atoms with van der Waals surface area (Å²) in [5.41, 5.74) is 0.780. The molecule has 0 aromatic heterocycles. The van der Waals surface area contributed by atoms with Crippen LogP contribution in [0.1, 0.15) is 20.8 Å². The van der Waals surface area contributed by atoms with Crippen molar-refractivity contribution in [2.24, 2.45) is 0 Å². The second-order valence-corrected chi connectivity index (χ2v) is 2.27. The Morgan fingerprint density at radius 1 is 1.39 bits per heavy atom. The lowest BCUT2D eigenvalue weighted by Crippen LogP contribution is -2.13. The summed E-state index contributed by atoms with van der Waals surface area (Å²) >= 11 is 0. The van der Waals surface area contributed by atoms with E-state index >= 15 is 0 Å². The van der Waals surface area contributed by atoms with Gasteiger partial charge in [-0.3, -0.25) is 4.79 Å². The summed E-state index contributed by atoms with van der Waals surface area (Å²) in [4.78, 5) is 27.9. The second-order valence-electron chi connectivity index (χ2n) is 2.27. The van der Waals surface area contributed by atoms with E-state index in [1.54, 1.807) is 6.08 Å². The van der Waals surface area contributed by atoms with Crippen molar-refractivity contribution in [3.63, 3.8) is 0 Å². The molecule has 0 radical (unpaired) electrons. The van der Waals surface area contributed by atoms with Crippen LogP contribution in [0.4, 0.5) is 0 Å². The fourth-order valence-corrected chi connectivity index (χ4v) is 0.587. The zero-order valence-electron chi connectivity index (χ0n) is 10.8. The normalized spacial score (nSPS) is 8.89. The predicted octanol–water partition coefficient (Wildman–Crippen LogP) is 1.16. The number of aldehydes is 2. The molecule has 0 saturated heterocycles. The zero-order chi connectivity index (χ0) is 14.8. The van der Waals surface area contributed by atoms with Crippen molar-refractivity contribution in [1.29, 1.82) is 0 Å². The molecule has 2 N–H and O–H groups in total. The van der Waals surface area contributed by atoms with E-state index in [2.05, 4.69) is 11.2 Å². The van der Waals surface area contributed by atoms with Gasteiger partial charge >= 0.3 is 5.97 Å². The minimum absolute atomic E-state index is 0.167. The molecular weight excluding hydrogens is 234 g/mol. The van der Waals surface area contributed by atoms with Crippen molar-refractivity contribution in [3.05, 3.63) is 23.9 Å². The summed E-state index contributed by atoms with van der Waals surface area (Å²) in [5.74, 6) is 0.944. The van der Waals surface area contributed by atoms with Gasteiger partial charge in [-0.15, -0.1) is 6.42 Å². The van der Waals surface area contributed by atoms with Gasteiger partial charge < -0.3 is 15.2 Å². The van der Waals surface area contributed by atoms with E-state index < -0.39 is 5.97 Å². The molecule has 0 fully saturated rings. The number of carbonyl (C=O) groups excluding carboxylic acids is 2. The van der Waals surface area contributed by atoms with Gasteiger partial charge in [0.05, 0.1) is 6.54 Å². The number of aliphatic carboxylic acids is 1. The molecule has 0 saturated carbocycles. The summed E-state index contributed by atoms with van der Waals surface area (Å²) in [5, 5.41) is 10.2. The summed E-state index contributed by atoms with van der Waals surface area (Å²) in [6, 6.07) is 0. The Morgan fingerprint density at radius 2 is 1.89 bits per heavy atom. The number of carboxylic acids is 1. The first-order valence-electron chi connectivity index (χ1n) is 5.26. The molecule has 0 spiro atoms. The van der Waals surface area contributed by atoms with Crippen LogP contribution in [-0.2, 0) is 14.4 Å². The average molecular weight is 253 g/mol. The van der Waals surface area contributed by atoms with Gasteiger partial charge in [-0.05, 0) is 13.0 Å². The number of hydrogen-bond acceptors (Lipinski definition) is 4. The molecule has 0 aliphatic carbocycles. The minimum Gasteiger partial charge on any atom is -0.476 e. The van der Waals surface area contributed by atoms with E-state index in [9.17, 15) is 4.79 Å². The largest absolute Gasteiger partial charge is 0.476 e. The predicted molar refractivity (Wildman–Crippen MR) is 70.8 cm³/mol. The van der Waals surface area contributed by atoms with Gasteiger partial charge in [0.2, 0.25) is 6.29 Å². The van der Waals surface area contributed by atoms with Crippen LogP contribution >= 0.6 is 0 Å². The molecule has 0 amide bonds. The van der Waals surface area contributed by atoms with Crippen molar-refractivity contribution in [3.8, 4) is 12.3 Å². The third-order valence-corrected chi connectivity index (χ3v) is 1.08. The maximum atomic E-state index is 9.95. The van der Waals surface area contributed by atoms with E-state index in [0.29, 0.717) is 0 Å². The highest BCUT2D eigenvalue weighted by atomic mass is 16.4. The van der Waals surface area contributed by atoms with Crippen molar-refractivity contribution in [1.82, 2.24) is 5.32 Å². The van der Waals surface area contributed by atoms with Crippen LogP contribution in [0.2, 0.25) is 0 Å². The van der Waals surface area contributed by atoms with E-state index in [1.807, 2.05) is 32.9 Å². The van der Waals surface area contributed by atoms with Gasteiger partial charge in [-0.25, -0.2) is 4.79 Å². The van der Waals surface area contributed by atoms with Crippen LogP contribution in [0.5, 0.6) is 0 Å². The van der Waals surface area contributed by atoms with Gasteiger partial charge in [0.1, 0.15) is 6.29 Å². The van der Waals surface area contributed by atoms with E-state index in [-0.39, 0.29) is 12.8 Å². The molecule has 0 bridgehead atoms. The number of hydrogen-bond donors (Lipinski definition) is 2. The highest BCUT2D eigenvalue weighted by Gasteiger charge is 1.85. The molecule has 18 heavy (non-hydrogen) atoms. The summed E-state index contributed by atoms with van der Waals surface area (Å²) in [6.45, 7) is 6.17. The van der Waals surface area contributed by atoms with Crippen LogP contribution in [0.25, 0.3) is 0 Å². The number of allylic oxidation sites excluding steroid dienone is 3. The lowest BCUT2D eigenvalue weighted by molar-refractivity contribution is -0.143. The van der Waals surface area contributed by atoms with Crippen molar-refractivity contribution in [2.45, 2.75) is 20.8 Å². The Kier molecular flexibility index (Phi) is 23.5. The number of carbonyl (C=O) groups is 3. The monoisotopic (exact) mass is 253 g/mol. The number of carboxylic acid groups (broad SMARTS) is 1. The maximum Gasteiger partial charge on any atom is 0.368 e. The standard InChI is InChI=1S/C9H11NO.C2H2O3.C2H6/c1-3-5-9(6-4-2)10-7-8-11;3-1-2(4)5;1-2/h1,4-6,8,10H,7H2,2H3;1H,(H,4,5);1-2H3/b6-4-,9-5+;;. The molecule has 100 valence electrons. The van der Waals surface area contributed by atoms with Crippen LogP contribution in [0.15, 0.2) is 23.9 Å². The molecule has 0 aliphatic rings. The fourth-order valence-electron chi connectivity index (χ4n) is 0.587. The summed E-state index contributed by atoms with van der Waals surface area (Å²) in [7, 11) is 0. The smallest absolute Gasteiger partial charge is 0.368 e. The fraction of sp³-hybridized carbons (Fsp3) is 0.308. The first-order chi connectivity index (χ1) is 8.62. The molecule has 0 rings (SSSR count). The van der Waals surface area contributed by atoms with Crippen LogP contribution < -0.4 is 5.32 Å². The Labute approximate surface area is 108 Å². The zero-order valence-corrected chi connectivity index (χ0v) is 10.8. The number of nitrogens with one attached hydrogen (secondary N) is 1. The van der Waals surface area contributed by atoms with Crippen LogP contribution in [0, 0.1) is 12.3 Å². The molecule has 5 heteroatoms. The lowest BCUT2D eigenvalue weighted by atomic mass is 10.3. The van der Waals surface area contributed by atoms with E-state index in [0.717, 1.165) is 12.0 Å². The van der Waals surface area contributed by atoms with Gasteiger partial charge in [-0.1, -0.05) is 25.8 Å². The second kappa shape index (κ2) is 20.1. The van der Waals surface area contributed by atoms with Crippen LogP contribution in [0.3, 0.4) is 0 Å². The van der Waals surface area contributed by atoms with Crippen molar-refractivity contribution < 1.29 is 19.5 Å². The third kappa shape index (κ3) is 23.5. The van der Waals surface area contributed by atoms with Crippen molar-refractivity contribution >= 4 is 18.5 Å². The molecular formula is C13H19NO4. The SMILES string of the molecule is C#C/C=C(\C=C/C)NCC=O.CC.O=CC(=O)O. The molecule has 0 aromatic carbocycles. The maximum absolute atomic E-state index is 9.95. The molecule has 0 heterocycles. The van der Waals surface area contributed by atoms with Gasteiger partial charge in [0.25, 0.3) is 0 Å². The van der Waals surface area contributed by atoms with Crippen LogP contribution in [-0.4, -0.2) is 30.2 Å². The van der Waals surface area contributed by atoms with E-state index in [1.165, 1.54) is 0 Å². The Bertz CT molecular complexity index is 324. The van der Waals surface area contributed by atoms with Crippen molar-refractivity contribution in [2.75, 3.05) is 6.54 Å². The summed E-state index contributed by atoms with van der Waals surface area (Å²) < 4.78 is 0. The first-order valence-corrected chi connectivity index (χ1v) is 5.26. The van der Waals surface area contributed by atoms with E-state index in [4.69, 9.17) is 21.1 Å². The molecule has 5 nitrogen and oxygen atoms in total. The molecule has 0 aliphatic heterocycles. The quantitative estimate of drug-likeness (QED) is 0.332. The Morgan fingerprint density at radius 3 is 2.17 bits per heavy atom. The topological polar surface area (TPSA) is 83.5 Å². The third-order valence-electron chi connectivity index (χ3n) is 1.08. The molecule has 0 aromatic rings. The van der Waals surface area contributed by atoms with Gasteiger partial charge in [0, 0.05) is 11.8 Å².